The fraction of sp³-hybridized carbons (Fsp3) is 0.667. The van der Waals surface area contributed by atoms with E-state index in [1.165, 1.54) is 18.7 Å². The third-order valence-corrected chi connectivity index (χ3v) is 3.13. The Labute approximate surface area is 90.7 Å². The van der Waals surface area contributed by atoms with E-state index in [4.69, 9.17) is 5.26 Å². The zero-order chi connectivity index (χ0) is 10.8. The average molecular weight is 203 g/mol. The molecule has 0 spiro atoms. The molecule has 0 aromatic carbocycles. The lowest BCUT2D eigenvalue weighted by atomic mass is 10.1. The van der Waals surface area contributed by atoms with Crippen LogP contribution in [-0.4, -0.2) is 9.55 Å². The number of fused-ring (bicyclic) bond motifs is 1. The predicted octanol–water partition coefficient (Wildman–Crippen LogP) is 2.41. The summed E-state index contributed by atoms with van der Waals surface area (Å²) in [7, 11) is 0. The van der Waals surface area contributed by atoms with Crippen molar-refractivity contribution < 1.29 is 0 Å². The summed E-state index contributed by atoms with van der Waals surface area (Å²) in [6.45, 7) is 5.13. The van der Waals surface area contributed by atoms with Gasteiger partial charge < -0.3 is 4.57 Å². The predicted molar refractivity (Wildman–Crippen MR) is 58.6 cm³/mol. The first-order chi connectivity index (χ1) is 7.27. The molecule has 0 amide bonds. The van der Waals surface area contributed by atoms with Gasteiger partial charge in [-0.2, -0.15) is 5.26 Å². The zero-order valence-corrected chi connectivity index (χ0v) is 9.45. The molecule has 2 heterocycles. The lowest BCUT2D eigenvalue weighted by molar-refractivity contribution is 0.505. The second kappa shape index (κ2) is 4.06. The summed E-state index contributed by atoms with van der Waals surface area (Å²) in [6, 6.07) is 2.33. The maximum Gasteiger partial charge on any atom is 0.109 e. The smallest absolute Gasteiger partial charge is 0.109 e. The number of hydrogen-bond acceptors (Lipinski definition) is 2. The molecule has 1 atom stereocenters. The van der Waals surface area contributed by atoms with Gasteiger partial charge in [-0.1, -0.05) is 6.92 Å². The number of hydrogen-bond donors (Lipinski definition) is 0. The lowest BCUT2D eigenvalue weighted by Crippen LogP contribution is -2.14. The van der Waals surface area contributed by atoms with Crippen molar-refractivity contribution in [3.8, 4) is 6.07 Å². The van der Waals surface area contributed by atoms with E-state index in [9.17, 15) is 0 Å². The van der Waals surface area contributed by atoms with Crippen molar-refractivity contribution in [3.05, 3.63) is 17.2 Å². The van der Waals surface area contributed by atoms with Crippen molar-refractivity contribution in [2.45, 2.75) is 52.0 Å². The van der Waals surface area contributed by atoms with Crippen molar-refractivity contribution in [1.29, 1.82) is 5.26 Å². The molecule has 1 aromatic heterocycles. The fourth-order valence-electron chi connectivity index (χ4n) is 2.37. The number of aromatic nitrogens is 2. The number of aryl methyl sites for hydroxylation is 2. The Bertz CT molecular complexity index is 398. The van der Waals surface area contributed by atoms with Crippen molar-refractivity contribution in [2.75, 3.05) is 0 Å². The Kier molecular flexibility index (Phi) is 2.77. The Morgan fingerprint density at radius 3 is 3.00 bits per heavy atom. The maximum atomic E-state index is 9.04. The van der Waals surface area contributed by atoms with Gasteiger partial charge in [-0.05, 0) is 26.2 Å². The zero-order valence-electron chi connectivity index (χ0n) is 9.45. The molecule has 0 saturated carbocycles. The van der Waals surface area contributed by atoms with Crippen LogP contribution in [0.4, 0.5) is 0 Å². The van der Waals surface area contributed by atoms with Gasteiger partial charge in [-0.15, -0.1) is 0 Å². The molecule has 0 aliphatic carbocycles. The molecule has 0 N–H and O–H groups in total. The van der Waals surface area contributed by atoms with Crippen LogP contribution in [0.25, 0.3) is 0 Å². The SMILES string of the molecule is CCc1nc2n(c1C(C)C#N)CCCC2. The minimum Gasteiger partial charge on any atom is -0.331 e. The second-order valence-corrected chi connectivity index (χ2v) is 4.17. The standard InChI is InChI=1S/C12H17N3/c1-3-10-12(9(2)8-13)15-7-5-4-6-11(15)14-10/h9H,3-7H2,1-2H3. The summed E-state index contributed by atoms with van der Waals surface area (Å²) >= 11 is 0. The van der Waals surface area contributed by atoms with Crippen LogP contribution in [0.5, 0.6) is 0 Å². The largest absolute Gasteiger partial charge is 0.331 e. The van der Waals surface area contributed by atoms with Crippen LogP contribution in [0.15, 0.2) is 0 Å². The van der Waals surface area contributed by atoms with E-state index in [-0.39, 0.29) is 5.92 Å². The summed E-state index contributed by atoms with van der Waals surface area (Å²) < 4.78 is 2.27. The molecule has 15 heavy (non-hydrogen) atoms. The fourth-order valence-corrected chi connectivity index (χ4v) is 2.37. The molecule has 3 nitrogen and oxygen atoms in total. The van der Waals surface area contributed by atoms with Gasteiger partial charge in [-0.25, -0.2) is 4.98 Å². The van der Waals surface area contributed by atoms with Crippen LogP contribution in [-0.2, 0) is 19.4 Å². The molecule has 0 bridgehead atoms. The monoisotopic (exact) mass is 203 g/mol. The summed E-state index contributed by atoms with van der Waals surface area (Å²) in [6.07, 6.45) is 4.46. The molecule has 0 fully saturated rings. The highest BCUT2D eigenvalue weighted by Gasteiger charge is 2.22. The highest BCUT2D eigenvalue weighted by atomic mass is 15.1. The summed E-state index contributed by atoms with van der Waals surface area (Å²) in [5.41, 5.74) is 2.29. The molecule has 1 aromatic rings. The van der Waals surface area contributed by atoms with Gasteiger partial charge in [0.1, 0.15) is 5.82 Å². The highest BCUT2D eigenvalue weighted by Crippen LogP contribution is 2.25. The number of rotatable bonds is 2. The van der Waals surface area contributed by atoms with Crippen LogP contribution < -0.4 is 0 Å². The van der Waals surface area contributed by atoms with Gasteiger partial charge in [0.05, 0.1) is 23.4 Å². The topological polar surface area (TPSA) is 41.6 Å². The summed E-state index contributed by atoms with van der Waals surface area (Å²) in [5.74, 6) is 1.16. The number of imidazole rings is 1. The van der Waals surface area contributed by atoms with Gasteiger partial charge in [0.2, 0.25) is 0 Å². The van der Waals surface area contributed by atoms with Gasteiger partial charge in [-0.3, -0.25) is 0 Å². The van der Waals surface area contributed by atoms with Gasteiger partial charge in [0.25, 0.3) is 0 Å². The summed E-state index contributed by atoms with van der Waals surface area (Å²) in [4.78, 5) is 4.65. The highest BCUT2D eigenvalue weighted by molar-refractivity contribution is 5.26. The first kappa shape index (κ1) is 10.2. The molecule has 80 valence electrons. The first-order valence-corrected chi connectivity index (χ1v) is 5.75. The molecule has 1 unspecified atom stereocenters. The van der Waals surface area contributed by atoms with E-state index in [1.54, 1.807) is 0 Å². The molecule has 3 heteroatoms. The molecule has 1 aliphatic rings. The van der Waals surface area contributed by atoms with E-state index in [1.807, 2.05) is 6.92 Å². The van der Waals surface area contributed by atoms with Crippen molar-refractivity contribution in [2.24, 2.45) is 0 Å². The van der Waals surface area contributed by atoms with E-state index < -0.39 is 0 Å². The Hall–Kier alpha value is -1.30. The molecule has 1 aliphatic heterocycles. The van der Waals surface area contributed by atoms with Crippen LogP contribution in [0.3, 0.4) is 0 Å². The Morgan fingerprint density at radius 2 is 2.33 bits per heavy atom. The molecule has 0 saturated heterocycles. The molecular weight excluding hydrogens is 186 g/mol. The van der Waals surface area contributed by atoms with Crippen LogP contribution in [0.1, 0.15) is 49.8 Å². The van der Waals surface area contributed by atoms with Crippen molar-refractivity contribution >= 4 is 0 Å². The van der Waals surface area contributed by atoms with Crippen LogP contribution in [0, 0.1) is 11.3 Å². The number of nitriles is 1. The van der Waals surface area contributed by atoms with Gasteiger partial charge >= 0.3 is 0 Å². The van der Waals surface area contributed by atoms with E-state index >= 15 is 0 Å². The summed E-state index contributed by atoms with van der Waals surface area (Å²) in [5, 5.41) is 9.04. The van der Waals surface area contributed by atoms with Crippen LogP contribution >= 0.6 is 0 Å². The van der Waals surface area contributed by atoms with Gasteiger partial charge in [0, 0.05) is 13.0 Å². The Balaban J connectivity index is 2.50. The first-order valence-electron chi connectivity index (χ1n) is 5.75. The van der Waals surface area contributed by atoms with Crippen molar-refractivity contribution in [3.63, 3.8) is 0 Å². The van der Waals surface area contributed by atoms with Crippen molar-refractivity contribution in [1.82, 2.24) is 9.55 Å². The molecular formula is C12H17N3. The maximum absolute atomic E-state index is 9.04. The normalized spacial score (nSPS) is 16.9. The van der Waals surface area contributed by atoms with E-state index in [0.717, 1.165) is 30.8 Å². The van der Waals surface area contributed by atoms with Gasteiger partial charge in [0.15, 0.2) is 0 Å². The quantitative estimate of drug-likeness (QED) is 0.740. The minimum atomic E-state index is -0.0284. The molecule has 0 radical (unpaired) electrons. The van der Waals surface area contributed by atoms with Crippen LogP contribution in [0.2, 0.25) is 0 Å². The lowest BCUT2D eigenvalue weighted by Gasteiger charge is -2.17. The van der Waals surface area contributed by atoms with E-state index in [2.05, 4.69) is 22.5 Å². The Morgan fingerprint density at radius 1 is 1.53 bits per heavy atom. The average Bonchev–Trinajstić information content (AvgIpc) is 2.66. The second-order valence-electron chi connectivity index (χ2n) is 4.17. The molecule has 2 rings (SSSR count). The minimum absolute atomic E-state index is 0.0284. The third-order valence-electron chi connectivity index (χ3n) is 3.13. The number of nitrogens with zero attached hydrogens (tertiary/aromatic N) is 3. The third kappa shape index (κ3) is 1.65. The van der Waals surface area contributed by atoms with E-state index in [0.29, 0.717) is 0 Å².